The van der Waals surface area contributed by atoms with E-state index in [1.54, 1.807) is 48.5 Å². The second-order valence-electron chi connectivity index (χ2n) is 6.36. The largest absolute Gasteiger partial charge is 0.439 e. The Balaban J connectivity index is 1.46. The number of hydrogen-bond donors (Lipinski definition) is 2. The number of aromatic nitrogens is 3. The van der Waals surface area contributed by atoms with E-state index in [0.717, 1.165) is 9.04 Å². The van der Waals surface area contributed by atoms with Crippen molar-refractivity contribution in [1.82, 2.24) is 14.5 Å². The van der Waals surface area contributed by atoms with Crippen molar-refractivity contribution >= 4 is 38.4 Å². The first-order valence-corrected chi connectivity index (χ1v) is 9.70. The zero-order chi connectivity index (χ0) is 21.1. The van der Waals surface area contributed by atoms with E-state index in [1.807, 2.05) is 12.1 Å². The Bertz CT molecular complexity index is 1350. The highest BCUT2D eigenvalue weighted by molar-refractivity contribution is 9.10. The lowest BCUT2D eigenvalue weighted by molar-refractivity contribution is -0.116. The molecule has 0 aliphatic rings. The number of nitrogens with one attached hydrogen (secondary N) is 2. The van der Waals surface area contributed by atoms with E-state index in [-0.39, 0.29) is 0 Å². The zero-order valence-electron chi connectivity index (χ0n) is 15.5. The van der Waals surface area contributed by atoms with E-state index >= 15 is 0 Å². The average Bonchev–Trinajstić information content (AvgIpc) is 2.73. The summed E-state index contributed by atoms with van der Waals surface area (Å²) in [7, 11) is 0. The van der Waals surface area contributed by atoms with Crippen molar-refractivity contribution in [3.63, 3.8) is 0 Å². The molecule has 30 heavy (non-hydrogen) atoms. The lowest BCUT2D eigenvalue weighted by atomic mass is 10.2. The first kappa shape index (κ1) is 19.6. The molecule has 2 aromatic heterocycles. The van der Waals surface area contributed by atoms with Crippen LogP contribution in [0.4, 0.5) is 5.69 Å². The Morgan fingerprint density at radius 2 is 1.93 bits per heavy atom. The Labute approximate surface area is 178 Å². The predicted molar refractivity (Wildman–Crippen MR) is 116 cm³/mol. The summed E-state index contributed by atoms with van der Waals surface area (Å²) in [6.45, 7) is -0.421. The van der Waals surface area contributed by atoms with Crippen LogP contribution in [0, 0.1) is 0 Å². The van der Waals surface area contributed by atoms with E-state index in [2.05, 4.69) is 31.2 Å². The number of carbonyl (C=O) groups excluding carboxylic acids is 1. The number of benzene rings is 2. The number of H-pyrrole nitrogens is 1. The van der Waals surface area contributed by atoms with Crippen molar-refractivity contribution in [3.05, 3.63) is 92.2 Å². The number of nitrogens with zero attached hydrogens (tertiary/aromatic N) is 2. The second kappa shape index (κ2) is 8.34. The van der Waals surface area contributed by atoms with Crippen molar-refractivity contribution in [3.8, 4) is 11.6 Å². The third-order valence-electron chi connectivity index (χ3n) is 4.23. The van der Waals surface area contributed by atoms with Crippen molar-refractivity contribution in [1.29, 1.82) is 0 Å². The van der Waals surface area contributed by atoms with Crippen molar-refractivity contribution in [2.75, 3.05) is 5.32 Å². The molecule has 0 fully saturated rings. The molecule has 2 N–H and O–H groups in total. The lowest BCUT2D eigenvalue weighted by Crippen LogP contribution is -2.38. The molecule has 0 aliphatic heterocycles. The van der Waals surface area contributed by atoms with Gasteiger partial charge >= 0.3 is 5.69 Å². The Kier molecular flexibility index (Phi) is 5.44. The van der Waals surface area contributed by atoms with E-state index < -0.39 is 23.7 Å². The number of amides is 1. The van der Waals surface area contributed by atoms with E-state index in [9.17, 15) is 14.4 Å². The van der Waals surface area contributed by atoms with Crippen molar-refractivity contribution < 1.29 is 9.53 Å². The summed E-state index contributed by atoms with van der Waals surface area (Å²) in [5.74, 6) is 0.442. The molecular formula is C21H15BrN4O4. The van der Waals surface area contributed by atoms with Crippen LogP contribution in [0.3, 0.4) is 0 Å². The molecule has 0 saturated heterocycles. The molecule has 2 heterocycles. The standard InChI is InChI=1S/C21H15BrN4O4/c22-13-4-3-5-15(10-13)30-19-9-8-14(11-23-19)24-18(27)12-26-20(28)16-6-1-2-7-17(16)25-21(26)29/h1-11H,12H2,(H,24,27)(H,25,29). The summed E-state index contributed by atoms with van der Waals surface area (Å²) in [5, 5.41) is 2.95. The lowest BCUT2D eigenvalue weighted by Gasteiger charge is -2.09. The maximum Gasteiger partial charge on any atom is 0.329 e. The Hall–Kier alpha value is -3.72. The minimum atomic E-state index is -0.648. The number of halogens is 1. The van der Waals surface area contributed by atoms with E-state index in [4.69, 9.17) is 4.74 Å². The molecule has 0 bridgehead atoms. The fourth-order valence-electron chi connectivity index (χ4n) is 2.85. The molecule has 4 rings (SSSR count). The van der Waals surface area contributed by atoms with Crippen LogP contribution in [-0.4, -0.2) is 20.4 Å². The average molecular weight is 467 g/mol. The third kappa shape index (κ3) is 4.31. The minimum Gasteiger partial charge on any atom is -0.439 e. The highest BCUT2D eigenvalue weighted by Gasteiger charge is 2.11. The number of para-hydroxylation sites is 1. The summed E-state index contributed by atoms with van der Waals surface area (Å²) >= 11 is 3.37. The van der Waals surface area contributed by atoms with E-state index in [1.165, 1.54) is 6.20 Å². The molecule has 4 aromatic rings. The van der Waals surface area contributed by atoms with Gasteiger partial charge < -0.3 is 15.0 Å². The number of rotatable bonds is 5. The fourth-order valence-corrected chi connectivity index (χ4v) is 3.23. The third-order valence-corrected chi connectivity index (χ3v) is 4.72. The Morgan fingerprint density at radius 1 is 1.10 bits per heavy atom. The quantitative estimate of drug-likeness (QED) is 0.469. The van der Waals surface area contributed by atoms with Crippen LogP contribution in [-0.2, 0) is 11.3 Å². The van der Waals surface area contributed by atoms with Gasteiger partial charge in [0.05, 0.1) is 22.8 Å². The molecule has 0 atom stereocenters. The minimum absolute atomic E-state index is 0.334. The van der Waals surface area contributed by atoms with Gasteiger partial charge in [0.2, 0.25) is 11.8 Å². The van der Waals surface area contributed by atoms with Crippen LogP contribution in [0.2, 0.25) is 0 Å². The number of ether oxygens (including phenoxy) is 1. The first-order chi connectivity index (χ1) is 14.5. The van der Waals surface area contributed by atoms with Gasteiger partial charge in [-0.2, -0.15) is 0 Å². The van der Waals surface area contributed by atoms with Crippen LogP contribution in [0.25, 0.3) is 10.9 Å². The summed E-state index contributed by atoms with van der Waals surface area (Å²) < 4.78 is 7.38. The van der Waals surface area contributed by atoms with Crippen LogP contribution in [0.15, 0.2) is 80.9 Å². The second-order valence-corrected chi connectivity index (χ2v) is 7.28. The first-order valence-electron chi connectivity index (χ1n) is 8.91. The SMILES string of the molecule is O=C(Cn1c(=O)[nH]c2ccccc2c1=O)Nc1ccc(Oc2cccc(Br)c2)nc1. The summed E-state index contributed by atoms with van der Waals surface area (Å²) in [4.78, 5) is 43.8. The van der Waals surface area contributed by atoms with Crippen molar-refractivity contribution in [2.24, 2.45) is 0 Å². The van der Waals surface area contributed by atoms with Gasteiger partial charge in [0, 0.05) is 10.5 Å². The van der Waals surface area contributed by atoms with Gasteiger partial charge in [0.1, 0.15) is 12.3 Å². The number of anilines is 1. The van der Waals surface area contributed by atoms with Gasteiger partial charge in [-0.3, -0.25) is 14.2 Å². The van der Waals surface area contributed by atoms with Gasteiger partial charge in [-0.15, -0.1) is 0 Å². The molecule has 0 saturated carbocycles. The molecule has 0 radical (unpaired) electrons. The number of carbonyl (C=O) groups is 1. The molecule has 0 unspecified atom stereocenters. The highest BCUT2D eigenvalue weighted by atomic mass is 79.9. The molecule has 150 valence electrons. The molecule has 1 amide bonds. The summed E-state index contributed by atoms with van der Waals surface area (Å²) in [5.41, 5.74) is -0.341. The zero-order valence-corrected chi connectivity index (χ0v) is 17.0. The highest BCUT2D eigenvalue weighted by Crippen LogP contribution is 2.23. The molecule has 8 nitrogen and oxygen atoms in total. The number of pyridine rings is 1. The van der Waals surface area contributed by atoms with Gasteiger partial charge in [-0.05, 0) is 36.4 Å². The van der Waals surface area contributed by atoms with Crippen LogP contribution >= 0.6 is 15.9 Å². The number of fused-ring (bicyclic) bond motifs is 1. The fraction of sp³-hybridized carbons (Fsp3) is 0.0476. The summed E-state index contributed by atoms with van der Waals surface area (Å²) in [6.07, 6.45) is 1.43. The molecule has 0 spiro atoms. The molecule has 9 heteroatoms. The molecule has 0 aliphatic carbocycles. The smallest absolute Gasteiger partial charge is 0.329 e. The van der Waals surface area contributed by atoms with Gasteiger partial charge in [-0.1, -0.05) is 34.1 Å². The van der Waals surface area contributed by atoms with Crippen LogP contribution in [0.1, 0.15) is 0 Å². The van der Waals surface area contributed by atoms with Crippen LogP contribution < -0.4 is 21.3 Å². The van der Waals surface area contributed by atoms with E-state index in [0.29, 0.717) is 28.2 Å². The topological polar surface area (TPSA) is 106 Å². The number of aromatic amines is 1. The molecular weight excluding hydrogens is 452 g/mol. The maximum absolute atomic E-state index is 12.5. The van der Waals surface area contributed by atoms with Crippen LogP contribution in [0.5, 0.6) is 11.6 Å². The number of hydrogen-bond acceptors (Lipinski definition) is 5. The predicted octanol–water partition coefficient (Wildman–Crippen LogP) is 3.28. The van der Waals surface area contributed by atoms with Crippen molar-refractivity contribution in [2.45, 2.75) is 6.54 Å². The maximum atomic E-state index is 12.5. The Morgan fingerprint density at radius 3 is 2.70 bits per heavy atom. The normalized spacial score (nSPS) is 10.7. The summed E-state index contributed by atoms with van der Waals surface area (Å²) in [6, 6.07) is 17.2. The van der Waals surface area contributed by atoms with Gasteiger partial charge in [0.15, 0.2) is 0 Å². The molecule has 2 aromatic carbocycles. The van der Waals surface area contributed by atoms with Gasteiger partial charge in [-0.25, -0.2) is 9.78 Å². The monoisotopic (exact) mass is 466 g/mol. The van der Waals surface area contributed by atoms with Gasteiger partial charge in [0.25, 0.3) is 5.56 Å².